The van der Waals surface area contributed by atoms with Crippen LogP contribution in [-0.4, -0.2) is 64.6 Å². The summed E-state index contributed by atoms with van der Waals surface area (Å²) in [6.07, 6.45) is 1.97. The lowest BCUT2D eigenvalue weighted by Gasteiger charge is -2.49. The molecule has 3 atom stereocenters. The first kappa shape index (κ1) is 19.2. The molecule has 10 heteroatoms. The lowest BCUT2D eigenvalue weighted by atomic mass is 9.94. The van der Waals surface area contributed by atoms with Crippen LogP contribution in [0.1, 0.15) is 6.42 Å². The van der Waals surface area contributed by atoms with Gasteiger partial charge >= 0.3 is 7.82 Å². The Morgan fingerprint density at radius 2 is 2.29 bits per heavy atom. The van der Waals surface area contributed by atoms with Crippen LogP contribution in [0.5, 0.6) is 0 Å². The Labute approximate surface area is 131 Å². The number of phosphoric ester groups is 1. The van der Waals surface area contributed by atoms with Gasteiger partial charge in [0.1, 0.15) is 0 Å². The summed E-state index contributed by atoms with van der Waals surface area (Å²) in [4.78, 5) is 18.2. The molecule has 0 aromatic heterocycles. The standard InChI is InChI=1S/C11H20BrO8P/c1-3-4-9-5-19-10(7-13,8-18-9)11(6-12,17-2)20-21(14,15)16/h3,9,13H,1,4-8H2,2H3,(H2,14,15,16). The molecule has 0 saturated carbocycles. The maximum Gasteiger partial charge on any atom is 0.472 e. The number of alkyl halides is 1. The minimum atomic E-state index is -4.89. The fourth-order valence-electron chi connectivity index (χ4n) is 2.05. The minimum absolute atomic E-state index is 0.106. The molecular weight excluding hydrogens is 371 g/mol. The third-order valence-corrected chi connectivity index (χ3v) is 4.52. The first-order chi connectivity index (χ1) is 9.78. The lowest BCUT2D eigenvalue weighted by Crippen LogP contribution is -2.67. The Morgan fingerprint density at radius 1 is 1.62 bits per heavy atom. The Hall–Kier alpha value is 0.170. The van der Waals surface area contributed by atoms with Gasteiger partial charge in [0.15, 0.2) is 5.60 Å². The number of aliphatic hydroxyl groups excluding tert-OH is 1. The molecule has 1 aliphatic rings. The van der Waals surface area contributed by atoms with E-state index >= 15 is 0 Å². The van der Waals surface area contributed by atoms with E-state index in [1.807, 2.05) is 0 Å². The second-order valence-corrected chi connectivity index (χ2v) is 6.32. The molecule has 0 spiro atoms. The highest BCUT2D eigenvalue weighted by molar-refractivity contribution is 9.09. The quantitative estimate of drug-likeness (QED) is 0.238. The van der Waals surface area contributed by atoms with E-state index in [0.29, 0.717) is 6.42 Å². The average Bonchev–Trinajstić information content (AvgIpc) is 2.45. The average molecular weight is 391 g/mol. The summed E-state index contributed by atoms with van der Waals surface area (Å²) < 4.78 is 32.3. The maximum absolute atomic E-state index is 11.2. The van der Waals surface area contributed by atoms with E-state index < -0.39 is 25.8 Å². The van der Waals surface area contributed by atoms with Crippen molar-refractivity contribution in [2.75, 3.05) is 32.3 Å². The summed E-state index contributed by atoms with van der Waals surface area (Å²) in [6.45, 7) is 2.95. The van der Waals surface area contributed by atoms with E-state index in [9.17, 15) is 9.67 Å². The highest BCUT2D eigenvalue weighted by atomic mass is 79.9. The number of hydrogen-bond donors (Lipinski definition) is 3. The second-order valence-electron chi connectivity index (χ2n) is 4.59. The second kappa shape index (κ2) is 7.63. The molecule has 3 N–H and O–H groups in total. The van der Waals surface area contributed by atoms with E-state index in [0.717, 1.165) is 0 Å². The molecule has 8 nitrogen and oxygen atoms in total. The van der Waals surface area contributed by atoms with Gasteiger partial charge in [-0.25, -0.2) is 9.09 Å². The SMILES string of the molecule is C=CCC1COC(CO)(C(CBr)(OC)OP(=O)(O)O)CO1. The number of rotatable bonds is 8. The van der Waals surface area contributed by atoms with Gasteiger partial charge in [-0.15, -0.1) is 6.58 Å². The molecule has 0 aliphatic carbocycles. The van der Waals surface area contributed by atoms with Gasteiger partial charge in [-0.05, 0) is 6.42 Å². The number of ether oxygens (including phenoxy) is 3. The van der Waals surface area contributed by atoms with Crippen molar-refractivity contribution >= 4 is 23.8 Å². The van der Waals surface area contributed by atoms with Crippen LogP contribution in [0.3, 0.4) is 0 Å². The fraction of sp³-hybridized carbons (Fsp3) is 0.818. The first-order valence-electron chi connectivity index (χ1n) is 6.13. The molecule has 0 amide bonds. The van der Waals surface area contributed by atoms with Crippen LogP contribution in [0.15, 0.2) is 12.7 Å². The van der Waals surface area contributed by atoms with E-state index in [-0.39, 0.29) is 24.6 Å². The van der Waals surface area contributed by atoms with Gasteiger partial charge in [-0.2, -0.15) is 0 Å². The fourth-order valence-corrected chi connectivity index (χ4v) is 3.77. The highest BCUT2D eigenvalue weighted by Gasteiger charge is 2.59. The molecule has 0 aromatic rings. The summed E-state index contributed by atoms with van der Waals surface area (Å²) in [5.41, 5.74) is -1.57. The zero-order valence-electron chi connectivity index (χ0n) is 11.6. The van der Waals surface area contributed by atoms with Gasteiger partial charge in [0, 0.05) is 7.11 Å². The van der Waals surface area contributed by atoms with Crippen LogP contribution in [0, 0.1) is 0 Å². The smallest absolute Gasteiger partial charge is 0.393 e. The van der Waals surface area contributed by atoms with E-state index in [4.69, 9.17) is 28.5 Å². The summed E-state index contributed by atoms with van der Waals surface area (Å²) in [5.74, 6) is -1.90. The number of aliphatic hydroxyl groups is 1. The Morgan fingerprint density at radius 3 is 2.62 bits per heavy atom. The summed E-state index contributed by atoms with van der Waals surface area (Å²) >= 11 is 3.09. The van der Waals surface area contributed by atoms with Gasteiger partial charge in [0.25, 0.3) is 0 Å². The topological polar surface area (TPSA) is 115 Å². The van der Waals surface area contributed by atoms with Crippen LogP contribution in [0.4, 0.5) is 0 Å². The lowest BCUT2D eigenvalue weighted by molar-refractivity contribution is -0.330. The van der Waals surface area contributed by atoms with Crippen LogP contribution in [-0.2, 0) is 23.3 Å². The Kier molecular flexibility index (Phi) is 6.98. The number of hydrogen-bond acceptors (Lipinski definition) is 6. The Bertz CT molecular complexity index is 386. The molecule has 1 aliphatic heterocycles. The first-order valence-corrected chi connectivity index (χ1v) is 8.78. The summed E-state index contributed by atoms with van der Waals surface area (Å²) in [5, 5.41) is 9.55. The molecule has 3 unspecified atom stereocenters. The largest absolute Gasteiger partial charge is 0.472 e. The number of methoxy groups -OCH3 is 1. The molecule has 0 bridgehead atoms. The molecule has 124 valence electrons. The maximum atomic E-state index is 11.2. The predicted octanol–water partition coefficient (Wildman–Crippen LogP) is 0.556. The third-order valence-electron chi connectivity index (χ3n) is 3.25. The third kappa shape index (κ3) is 4.34. The van der Waals surface area contributed by atoms with Crippen LogP contribution >= 0.6 is 23.8 Å². The van der Waals surface area contributed by atoms with E-state index in [2.05, 4.69) is 22.5 Å². The van der Waals surface area contributed by atoms with Gasteiger partial charge in [-0.3, -0.25) is 0 Å². The molecule has 1 saturated heterocycles. The van der Waals surface area contributed by atoms with E-state index in [1.165, 1.54) is 7.11 Å². The van der Waals surface area contributed by atoms with E-state index in [1.54, 1.807) is 6.08 Å². The number of phosphoric acid groups is 1. The van der Waals surface area contributed by atoms with Crippen molar-refractivity contribution in [3.05, 3.63) is 12.7 Å². The van der Waals surface area contributed by atoms with Gasteiger partial charge in [0.2, 0.25) is 5.79 Å². The molecule has 1 fully saturated rings. The summed E-state index contributed by atoms with van der Waals surface area (Å²) in [6, 6.07) is 0. The minimum Gasteiger partial charge on any atom is -0.393 e. The zero-order valence-corrected chi connectivity index (χ0v) is 14.1. The van der Waals surface area contributed by atoms with Crippen molar-refractivity contribution in [3.63, 3.8) is 0 Å². The molecule has 0 radical (unpaired) electrons. The Balaban J connectivity index is 3.03. The van der Waals surface area contributed by atoms with Gasteiger partial charge in [-0.1, -0.05) is 22.0 Å². The van der Waals surface area contributed by atoms with Gasteiger partial charge in [0.05, 0.1) is 31.3 Å². The predicted molar refractivity (Wildman–Crippen MR) is 77.0 cm³/mol. The van der Waals surface area contributed by atoms with Crippen LogP contribution in [0.25, 0.3) is 0 Å². The van der Waals surface area contributed by atoms with Crippen molar-refractivity contribution in [1.82, 2.24) is 0 Å². The molecular formula is C11H20BrO8P. The van der Waals surface area contributed by atoms with Crippen molar-refractivity contribution in [3.8, 4) is 0 Å². The molecule has 0 aromatic carbocycles. The molecule has 1 rings (SSSR count). The molecule has 21 heavy (non-hydrogen) atoms. The highest BCUT2D eigenvalue weighted by Crippen LogP contribution is 2.48. The van der Waals surface area contributed by atoms with Crippen molar-refractivity contribution in [2.24, 2.45) is 0 Å². The summed E-state index contributed by atoms with van der Waals surface area (Å²) in [7, 11) is -3.69. The number of halogens is 1. The van der Waals surface area contributed by atoms with Crippen molar-refractivity contribution < 1.29 is 38.2 Å². The van der Waals surface area contributed by atoms with Crippen molar-refractivity contribution in [1.29, 1.82) is 0 Å². The molecule has 1 heterocycles. The van der Waals surface area contributed by atoms with Crippen LogP contribution in [0.2, 0.25) is 0 Å². The zero-order chi connectivity index (χ0) is 16.1. The normalized spacial score (nSPS) is 29.9. The monoisotopic (exact) mass is 390 g/mol. The van der Waals surface area contributed by atoms with Gasteiger partial charge < -0.3 is 29.1 Å². The van der Waals surface area contributed by atoms with Crippen LogP contribution < -0.4 is 0 Å². The van der Waals surface area contributed by atoms with Crippen molar-refractivity contribution in [2.45, 2.75) is 23.9 Å².